The second-order valence-corrected chi connectivity index (χ2v) is 10.5. The molecule has 0 radical (unpaired) electrons. The molecule has 6 rings (SSSR count). The van der Waals surface area contributed by atoms with Gasteiger partial charge < -0.3 is 10.6 Å². The van der Waals surface area contributed by atoms with Crippen molar-refractivity contribution < 1.29 is 13.2 Å². The third-order valence-electron chi connectivity index (χ3n) is 6.49. The molecule has 0 fully saturated rings. The number of rotatable bonds is 4. The smallest absolute Gasteiger partial charge is 0.285 e. The number of aryl methyl sites for hydroxylation is 1. The van der Waals surface area contributed by atoms with E-state index in [0.717, 1.165) is 30.5 Å². The van der Waals surface area contributed by atoms with E-state index in [4.69, 9.17) is 0 Å². The van der Waals surface area contributed by atoms with Crippen molar-refractivity contribution in [2.45, 2.75) is 30.6 Å². The summed E-state index contributed by atoms with van der Waals surface area (Å²) in [6.07, 6.45) is 4.39. The lowest BCUT2D eigenvalue weighted by atomic mass is 9.93. The predicted octanol–water partition coefficient (Wildman–Crippen LogP) is 4.77. The summed E-state index contributed by atoms with van der Waals surface area (Å²) in [7, 11) is -3.70. The topological polar surface area (TPSA) is 116 Å². The molecule has 0 saturated heterocycles. The fraction of sp³-hybridized carbons (Fsp3) is 0.148. The van der Waals surface area contributed by atoms with E-state index >= 15 is 0 Å². The molecule has 1 amide bonds. The van der Waals surface area contributed by atoms with Gasteiger partial charge >= 0.3 is 0 Å². The number of amidine groups is 1. The number of aromatic amines is 1. The highest BCUT2D eigenvalue weighted by Crippen LogP contribution is 2.31. The second-order valence-electron chi connectivity index (χ2n) is 8.88. The Morgan fingerprint density at radius 3 is 2.56 bits per heavy atom. The maximum atomic E-state index is 12.9. The summed E-state index contributed by atoms with van der Waals surface area (Å²) in [4.78, 5) is 13.1. The minimum atomic E-state index is -3.70. The Balaban J connectivity index is 1.17. The molecule has 3 aromatic carbocycles. The zero-order valence-corrected chi connectivity index (χ0v) is 20.1. The van der Waals surface area contributed by atoms with Crippen molar-refractivity contribution in [2.75, 3.05) is 10.6 Å². The van der Waals surface area contributed by atoms with Crippen LogP contribution in [0.1, 0.15) is 40.0 Å². The van der Waals surface area contributed by atoms with E-state index in [1.54, 1.807) is 42.5 Å². The minimum absolute atomic E-state index is 0.182. The van der Waals surface area contributed by atoms with E-state index in [9.17, 15) is 13.2 Å². The molecular formula is C27H23N5O3S. The molecule has 0 atom stereocenters. The molecular weight excluding hydrogens is 474 g/mol. The van der Waals surface area contributed by atoms with Gasteiger partial charge in [-0.3, -0.25) is 9.89 Å². The Morgan fingerprint density at radius 2 is 1.69 bits per heavy atom. The summed E-state index contributed by atoms with van der Waals surface area (Å²) in [6.45, 7) is 0. The van der Waals surface area contributed by atoms with Gasteiger partial charge in [-0.15, -0.1) is 4.40 Å². The first-order valence-corrected chi connectivity index (χ1v) is 13.2. The van der Waals surface area contributed by atoms with Crippen LogP contribution in [0.25, 0.3) is 11.3 Å². The maximum Gasteiger partial charge on any atom is 0.285 e. The quantitative estimate of drug-likeness (QED) is 0.376. The first-order valence-electron chi connectivity index (χ1n) is 11.8. The Morgan fingerprint density at radius 1 is 0.889 bits per heavy atom. The zero-order valence-electron chi connectivity index (χ0n) is 19.3. The highest BCUT2D eigenvalue weighted by molar-refractivity contribution is 7.90. The standard InChI is InChI=1S/C27H23N5O3S/c33-27(29-20-7-5-6-18(16-20)25-21-8-1-3-10-23(21)30-31-25)17-12-14-19(15-13-17)28-26-22-9-2-4-11-24(22)36(34,35)32-26/h2,4-7,9,11-16H,1,3,8,10H2,(H,28,32)(H,29,33)(H,30,31). The molecule has 1 aromatic heterocycles. The summed E-state index contributed by atoms with van der Waals surface area (Å²) < 4.78 is 28.4. The molecule has 0 bridgehead atoms. The van der Waals surface area contributed by atoms with Crippen LogP contribution < -0.4 is 10.6 Å². The van der Waals surface area contributed by atoms with E-state index in [2.05, 4.69) is 25.2 Å². The van der Waals surface area contributed by atoms with Gasteiger partial charge in [0.2, 0.25) is 0 Å². The van der Waals surface area contributed by atoms with Crippen LogP contribution in [0.3, 0.4) is 0 Å². The fourth-order valence-electron chi connectivity index (χ4n) is 4.70. The molecule has 2 aliphatic rings. The van der Waals surface area contributed by atoms with E-state index in [-0.39, 0.29) is 16.6 Å². The van der Waals surface area contributed by atoms with Crippen LogP contribution in [0.15, 0.2) is 82.1 Å². The van der Waals surface area contributed by atoms with Gasteiger partial charge in [0.15, 0.2) is 5.84 Å². The Kier molecular flexibility index (Phi) is 5.41. The molecule has 0 saturated carbocycles. The first-order chi connectivity index (χ1) is 17.5. The number of amides is 1. The van der Waals surface area contributed by atoms with Gasteiger partial charge in [0.1, 0.15) is 4.90 Å². The van der Waals surface area contributed by atoms with Crippen molar-refractivity contribution in [3.63, 3.8) is 0 Å². The van der Waals surface area contributed by atoms with Gasteiger partial charge in [0.05, 0.1) is 5.69 Å². The summed E-state index contributed by atoms with van der Waals surface area (Å²) in [6, 6.07) is 21.2. The molecule has 0 unspecified atom stereocenters. The lowest BCUT2D eigenvalue weighted by Crippen LogP contribution is -2.13. The summed E-state index contributed by atoms with van der Waals surface area (Å²) in [5, 5.41) is 13.7. The molecule has 4 aromatic rings. The zero-order chi connectivity index (χ0) is 24.7. The third-order valence-corrected chi connectivity index (χ3v) is 7.83. The Bertz CT molecular complexity index is 1620. The highest BCUT2D eigenvalue weighted by Gasteiger charge is 2.28. The summed E-state index contributed by atoms with van der Waals surface area (Å²) >= 11 is 0. The predicted molar refractivity (Wildman–Crippen MR) is 139 cm³/mol. The van der Waals surface area contributed by atoms with Crippen LogP contribution in [0, 0.1) is 0 Å². The maximum absolute atomic E-state index is 12.9. The average molecular weight is 498 g/mol. The first kappa shape index (κ1) is 22.2. The Hall–Kier alpha value is -4.24. The van der Waals surface area contributed by atoms with Crippen molar-refractivity contribution in [3.05, 3.63) is 95.2 Å². The van der Waals surface area contributed by atoms with Crippen molar-refractivity contribution in [3.8, 4) is 11.3 Å². The number of benzene rings is 3. The number of fused-ring (bicyclic) bond motifs is 2. The molecule has 2 heterocycles. The SMILES string of the molecule is O=C(Nc1cccc(-c2n[nH]c3c2CCCC3)c1)c1ccc(NC2=NS(=O)(=O)c3ccccc32)cc1. The summed E-state index contributed by atoms with van der Waals surface area (Å²) in [5.41, 5.74) is 6.73. The van der Waals surface area contributed by atoms with E-state index < -0.39 is 10.0 Å². The molecule has 0 spiro atoms. The monoisotopic (exact) mass is 497 g/mol. The Labute approximate surface area is 208 Å². The van der Waals surface area contributed by atoms with Gasteiger partial charge in [0.25, 0.3) is 15.9 Å². The van der Waals surface area contributed by atoms with E-state index in [1.807, 2.05) is 24.3 Å². The van der Waals surface area contributed by atoms with Crippen LogP contribution in [0.2, 0.25) is 0 Å². The number of nitrogens with one attached hydrogen (secondary N) is 3. The van der Waals surface area contributed by atoms with Crippen LogP contribution in [-0.4, -0.2) is 30.4 Å². The lowest BCUT2D eigenvalue weighted by molar-refractivity contribution is 0.102. The van der Waals surface area contributed by atoms with Gasteiger partial charge in [-0.1, -0.05) is 24.3 Å². The van der Waals surface area contributed by atoms with E-state index in [1.165, 1.54) is 23.7 Å². The molecule has 1 aliphatic carbocycles. The number of aromatic nitrogens is 2. The number of sulfonamides is 1. The molecule has 1 aliphatic heterocycles. The van der Waals surface area contributed by atoms with Crippen molar-refractivity contribution in [1.29, 1.82) is 0 Å². The van der Waals surface area contributed by atoms with Crippen LogP contribution in [-0.2, 0) is 22.9 Å². The normalized spacial score (nSPS) is 15.5. The van der Waals surface area contributed by atoms with Crippen molar-refractivity contribution >= 4 is 33.1 Å². The number of hydrogen-bond donors (Lipinski definition) is 3. The molecule has 9 heteroatoms. The number of H-pyrrole nitrogens is 1. The van der Waals surface area contributed by atoms with Crippen LogP contribution in [0.5, 0.6) is 0 Å². The van der Waals surface area contributed by atoms with Gasteiger partial charge in [-0.05, 0) is 74.2 Å². The lowest BCUT2D eigenvalue weighted by Gasteiger charge is -2.12. The molecule has 36 heavy (non-hydrogen) atoms. The second kappa shape index (κ2) is 8.76. The fourth-order valence-corrected chi connectivity index (χ4v) is 5.88. The average Bonchev–Trinajstić information content (AvgIpc) is 3.43. The number of hydrogen-bond acceptors (Lipinski definition) is 5. The van der Waals surface area contributed by atoms with Crippen molar-refractivity contribution in [1.82, 2.24) is 10.2 Å². The number of carbonyl (C=O) groups is 1. The highest BCUT2D eigenvalue weighted by atomic mass is 32.2. The van der Waals surface area contributed by atoms with Gasteiger partial charge in [0, 0.05) is 39.3 Å². The van der Waals surface area contributed by atoms with Crippen LogP contribution >= 0.6 is 0 Å². The van der Waals surface area contributed by atoms with Gasteiger partial charge in [-0.2, -0.15) is 13.5 Å². The van der Waals surface area contributed by atoms with Gasteiger partial charge in [-0.25, -0.2) is 0 Å². The molecule has 8 nitrogen and oxygen atoms in total. The third kappa shape index (κ3) is 4.07. The number of carbonyl (C=O) groups excluding carboxylic acids is 1. The number of anilines is 2. The summed E-state index contributed by atoms with van der Waals surface area (Å²) in [5.74, 6) is 0.0223. The van der Waals surface area contributed by atoms with Crippen LogP contribution in [0.4, 0.5) is 11.4 Å². The number of nitrogens with zero attached hydrogens (tertiary/aromatic N) is 2. The molecule has 180 valence electrons. The molecule has 3 N–H and O–H groups in total. The van der Waals surface area contributed by atoms with Crippen molar-refractivity contribution in [2.24, 2.45) is 4.40 Å². The van der Waals surface area contributed by atoms with E-state index in [0.29, 0.717) is 22.5 Å². The minimum Gasteiger partial charge on any atom is -0.339 e. The largest absolute Gasteiger partial charge is 0.339 e.